The molecule has 2 rings (SSSR count). The molecular weight excluding hydrogens is 240 g/mol. The van der Waals surface area contributed by atoms with Gasteiger partial charge in [-0.25, -0.2) is 4.98 Å². The molecule has 0 bridgehead atoms. The molecule has 0 fully saturated rings. The maximum absolute atomic E-state index is 5.95. The first-order valence-electron chi connectivity index (χ1n) is 5.20. The summed E-state index contributed by atoms with van der Waals surface area (Å²) in [7, 11) is 0. The van der Waals surface area contributed by atoms with Crippen molar-refractivity contribution >= 4 is 22.9 Å². The molecule has 0 aliphatic carbocycles. The van der Waals surface area contributed by atoms with Gasteiger partial charge in [-0.15, -0.1) is 11.3 Å². The predicted molar refractivity (Wildman–Crippen MR) is 69.9 cm³/mol. The first-order valence-corrected chi connectivity index (χ1v) is 6.46. The van der Waals surface area contributed by atoms with E-state index in [1.165, 1.54) is 0 Å². The third-order valence-corrected chi connectivity index (χ3v) is 3.35. The van der Waals surface area contributed by atoms with Gasteiger partial charge in [-0.1, -0.05) is 30.7 Å². The van der Waals surface area contributed by atoms with Crippen LogP contribution in [0, 0.1) is 0 Å². The smallest absolute Gasteiger partial charge is 0.123 e. The molecule has 4 heteroatoms. The lowest BCUT2D eigenvalue weighted by Gasteiger charge is -1.97. The molecule has 0 radical (unpaired) electrons. The predicted octanol–water partition coefficient (Wildman–Crippen LogP) is 3.57. The lowest BCUT2D eigenvalue weighted by atomic mass is 10.2. The maximum atomic E-state index is 5.95. The molecule has 0 aliphatic rings. The summed E-state index contributed by atoms with van der Waals surface area (Å²) >= 11 is 7.60. The van der Waals surface area contributed by atoms with Gasteiger partial charge in [-0.3, -0.25) is 0 Å². The van der Waals surface area contributed by atoms with Gasteiger partial charge >= 0.3 is 0 Å². The van der Waals surface area contributed by atoms with Crippen LogP contribution in [-0.2, 0) is 6.54 Å². The van der Waals surface area contributed by atoms with Gasteiger partial charge in [0.25, 0.3) is 0 Å². The monoisotopic (exact) mass is 252 g/mol. The highest BCUT2D eigenvalue weighted by Crippen LogP contribution is 2.25. The summed E-state index contributed by atoms with van der Waals surface area (Å²) in [6.07, 6.45) is 0. The number of nitrogens with one attached hydrogen (secondary N) is 1. The third-order valence-electron chi connectivity index (χ3n) is 2.18. The second-order valence-corrected chi connectivity index (χ2v) is 4.73. The molecule has 1 N–H and O–H groups in total. The van der Waals surface area contributed by atoms with Crippen LogP contribution in [0.1, 0.15) is 12.6 Å². The minimum atomic E-state index is 0.751. The molecule has 2 nitrogen and oxygen atoms in total. The molecule has 1 aromatic carbocycles. The highest BCUT2D eigenvalue weighted by Gasteiger charge is 2.04. The van der Waals surface area contributed by atoms with Crippen molar-refractivity contribution in [1.82, 2.24) is 10.3 Å². The van der Waals surface area contributed by atoms with E-state index in [-0.39, 0.29) is 0 Å². The van der Waals surface area contributed by atoms with Crippen LogP contribution in [0.15, 0.2) is 29.6 Å². The van der Waals surface area contributed by atoms with E-state index in [1.807, 2.05) is 24.3 Å². The van der Waals surface area contributed by atoms with Crippen LogP contribution in [0.3, 0.4) is 0 Å². The topological polar surface area (TPSA) is 24.9 Å². The lowest BCUT2D eigenvalue weighted by Crippen LogP contribution is -2.11. The van der Waals surface area contributed by atoms with Crippen LogP contribution < -0.4 is 5.32 Å². The molecule has 0 amide bonds. The number of thiazole rings is 1. The van der Waals surface area contributed by atoms with Crippen LogP contribution in [0.25, 0.3) is 10.6 Å². The minimum Gasteiger partial charge on any atom is -0.311 e. The summed E-state index contributed by atoms with van der Waals surface area (Å²) in [6.45, 7) is 3.88. The second-order valence-electron chi connectivity index (χ2n) is 3.43. The number of aromatic nitrogens is 1. The van der Waals surface area contributed by atoms with Crippen LogP contribution in [0.4, 0.5) is 0 Å². The molecule has 16 heavy (non-hydrogen) atoms. The van der Waals surface area contributed by atoms with Crippen molar-refractivity contribution in [3.63, 3.8) is 0 Å². The van der Waals surface area contributed by atoms with Gasteiger partial charge in [0.05, 0.1) is 5.69 Å². The zero-order valence-corrected chi connectivity index (χ0v) is 10.6. The first-order chi connectivity index (χ1) is 7.79. The zero-order chi connectivity index (χ0) is 11.4. The van der Waals surface area contributed by atoms with Crippen LogP contribution in [0.2, 0.25) is 5.02 Å². The molecule has 2 aromatic rings. The van der Waals surface area contributed by atoms with E-state index >= 15 is 0 Å². The van der Waals surface area contributed by atoms with Gasteiger partial charge in [-0.05, 0) is 18.7 Å². The highest BCUT2D eigenvalue weighted by molar-refractivity contribution is 7.13. The Labute approximate surface area is 104 Å². The summed E-state index contributed by atoms with van der Waals surface area (Å²) in [4.78, 5) is 4.56. The van der Waals surface area contributed by atoms with Crippen molar-refractivity contribution in [2.75, 3.05) is 6.54 Å². The molecular formula is C12H13ClN2S. The zero-order valence-electron chi connectivity index (χ0n) is 9.03. The van der Waals surface area contributed by atoms with Crippen molar-refractivity contribution in [2.24, 2.45) is 0 Å². The van der Waals surface area contributed by atoms with E-state index in [4.69, 9.17) is 11.6 Å². The molecule has 0 aliphatic heterocycles. The third kappa shape index (κ3) is 2.82. The van der Waals surface area contributed by atoms with E-state index < -0.39 is 0 Å². The summed E-state index contributed by atoms with van der Waals surface area (Å²) in [5.74, 6) is 0. The molecule has 1 heterocycles. The Bertz CT molecular complexity index is 468. The average Bonchev–Trinajstić information content (AvgIpc) is 2.75. The number of hydrogen-bond acceptors (Lipinski definition) is 3. The van der Waals surface area contributed by atoms with E-state index in [0.717, 1.165) is 34.4 Å². The van der Waals surface area contributed by atoms with E-state index in [2.05, 4.69) is 22.6 Å². The quantitative estimate of drug-likeness (QED) is 0.900. The molecule has 0 spiro atoms. The molecule has 84 valence electrons. The Kier molecular flexibility index (Phi) is 3.93. The fraction of sp³-hybridized carbons (Fsp3) is 0.250. The van der Waals surface area contributed by atoms with E-state index in [9.17, 15) is 0 Å². The maximum Gasteiger partial charge on any atom is 0.123 e. The van der Waals surface area contributed by atoms with Crippen LogP contribution in [0.5, 0.6) is 0 Å². The molecule has 0 unspecified atom stereocenters. The Morgan fingerprint density at radius 1 is 1.44 bits per heavy atom. The van der Waals surface area contributed by atoms with Gasteiger partial charge in [0.15, 0.2) is 0 Å². The van der Waals surface area contributed by atoms with E-state index in [0.29, 0.717) is 0 Å². The second kappa shape index (κ2) is 5.43. The Morgan fingerprint density at radius 3 is 3.06 bits per heavy atom. The highest BCUT2D eigenvalue weighted by atomic mass is 35.5. The molecule has 1 aromatic heterocycles. The van der Waals surface area contributed by atoms with Gasteiger partial charge in [0.2, 0.25) is 0 Å². The van der Waals surface area contributed by atoms with Crippen LogP contribution >= 0.6 is 22.9 Å². The largest absolute Gasteiger partial charge is 0.311 e. The minimum absolute atomic E-state index is 0.751. The Morgan fingerprint density at radius 2 is 2.31 bits per heavy atom. The lowest BCUT2D eigenvalue weighted by molar-refractivity contribution is 0.715. The number of nitrogens with zero attached hydrogens (tertiary/aromatic N) is 1. The summed E-state index contributed by atoms with van der Waals surface area (Å²) in [5, 5.41) is 7.12. The van der Waals surface area contributed by atoms with Gasteiger partial charge < -0.3 is 5.32 Å². The number of halogens is 1. The summed E-state index contributed by atoms with van der Waals surface area (Å²) in [5.41, 5.74) is 2.17. The summed E-state index contributed by atoms with van der Waals surface area (Å²) < 4.78 is 0. The fourth-order valence-corrected chi connectivity index (χ4v) is 2.40. The SMILES string of the molecule is CCNCc1csc(-c2cccc(Cl)c2)n1. The van der Waals surface area contributed by atoms with Crippen molar-refractivity contribution < 1.29 is 0 Å². The van der Waals surface area contributed by atoms with Crippen molar-refractivity contribution in [1.29, 1.82) is 0 Å². The normalized spacial score (nSPS) is 10.6. The van der Waals surface area contributed by atoms with Gasteiger partial charge in [0, 0.05) is 22.5 Å². The van der Waals surface area contributed by atoms with Crippen molar-refractivity contribution in [3.8, 4) is 10.6 Å². The number of benzene rings is 1. The standard InChI is InChI=1S/C12H13ClN2S/c1-2-14-7-11-8-16-12(15-11)9-4-3-5-10(13)6-9/h3-6,8,14H,2,7H2,1H3. The first kappa shape index (κ1) is 11.6. The van der Waals surface area contributed by atoms with Crippen molar-refractivity contribution in [2.45, 2.75) is 13.5 Å². The summed E-state index contributed by atoms with van der Waals surface area (Å²) in [6, 6.07) is 7.79. The van der Waals surface area contributed by atoms with E-state index in [1.54, 1.807) is 11.3 Å². The molecule has 0 atom stereocenters. The van der Waals surface area contributed by atoms with Gasteiger partial charge in [0.1, 0.15) is 5.01 Å². The number of rotatable bonds is 4. The average molecular weight is 253 g/mol. The number of hydrogen-bond donors (Lipinski definition) is 1. The molecule has 0 saturated heterocycles. The Hall–Kier alpha value is -0.900. The van der Waals surface area contributed by atoms with Gasteiger partial charge in [-0.2, -0.15) is 0 Å². The Balaban J connectivity index is 2.18. The fourth-order valence-electron chi connectivity index (χ4n) is 1.40. The van der Waals surface area contributed by atoms with Crippen LogP contribution in [-0.4, -0.2) is 11.5 Å². The molecule has 0 saturated carbocycles. The van der Waals surface area contributed by atoms with Crippen molar-refractivity contribution in [3.05, 3.63) is 40.4 Å².